The Morgan fingerprint density at radius 3 is 2.10 bits per heavy atom. The summed E-state index contributed by atoms with van der Waals surface area (Å²) in [5.74, 6) is 3.59. The van der Waals surface area contributed by atoms with E-state index in [9.17, 15) is 0 Å². The molecule has 9 nitrogen and oxygen atoms in total. The third kappa shape index (κ3) is 6.05. The molecule has 1 aliphatic rings. The van der Waals surface area contributed by atoms with Gasteiger partial charge in [0.05, 0.1) is 33.0 Å². The van der Waals surface area contributed by atoms with Gasteiger partial charge in [-0.2, -0.15) is 0 Å². The van der Waals surface area contributed by atoms with Crippen molar-refractivity contribution >= 4 is 28.3 Å². The molecule has 212 valence electrons. The van der Waals surface area contributed by atoms with Gasteiger partial charge in [0.25, 0.3) is 0 Å². The Labute approximate surface area is 240 Å². The van der Waals surface area contributed by atoms with E-state index in [0.717, 1.165) is 55.0 Å². The van der Waals surface area contributed by atoms with E-state index in [-0.39, 0.29) is 11.3 Å². The molecule has 40 heavy (non-hydrogen) atoms. The number of benzene rings is 2. The van der Waals surface area contributed by atoms with Crippen LogP contribution >= 0.6 is 11.6 Å². The fourth-order valence-corrected chi connectivity index (χ4v) is 5.40. The van der Waals surface area contributed by atoms with Gasteiger partial charge in [0.1, 0.15) is 23.0 Å². The Balaban J connectivity index is 1.30. The second-order valence-corrected chi connectivity index (χ2v) is 10.00. The van der Waals surface area contributed by atoms with Gasteiger partial charge in [-0.25, -0.2) is 9.97 Å². The van der Waals surface area contributed by atoms with Crippen molar-refractivity contribution in [1.82, 2.24) is 19.4 Å². The lowest BCUT2D eigenvalue weighted by Gasteiger charge is -2.33. The van der Waals surface area contributed by atoms with Crippen LogP contribution in [0.2, 0.25) is 5.28 Å². The maximum Gasteiger partial charge on any atom is 0.224 e. The molecular formula is C30H36ClN5O4. The molecule has 2 aromatic heterocycles. The highest BCUT2D eigenvalue weighted by Gasteiger charge is 2.23. The van der Waals surface area contributed by atoms with Gasteiger partial charge < -0.3 is 28.8 Å². The Morgan fingerprint density at radius 1 is 0.875 bits per heavy atom. The van der Waals surface area contributed by atoms with E-state index in [2.05, 4.69) is 32.3 Å². The largest absolute Gasteiger partial charge is 0.493 e. The van der Waals surface area contributed by atoms with Crippen LogP contribution in [0.3, 0.4) is 0 Å². The van der Waals surface area contributed by atoms with Gasteiger partial charge in [0.2, 0.25) is 5.28 Å². The van der Waals surface area contributed by atoms with Crippen LogP contribution in [0.15, 0.2) is 48.8 Å². The van der Waals surface area contributed by atoms with Crippen molar-refractivity contribution < 1.29 is 18.9 Å². The van der Waals surface area contributed by atoms with E-state index >= 15 is 0 Å². The number of piperidine rings is 1. The summed E-state index contributed by atoms with van der Waals surface area (Å²) in [4.78, 5) is 11.3. The summed E-state index contributed by atoms with van der Waals surface area (Å²) in [5, 5.41) is 4.65. The first-order valence-electron chi connectivity index (χ1n) is 13.7. The summed E-state index contributed by atoms with van der Waals surface area (Å²) in [7, 11) is 3.22. The number of ether oxygens (including phenoxy) is 4. The Morgan fingerprint density at radius 2 is 1.50 bits per heavy atom. The molecule has 0 aliphatic carbocycles. The molecule has 10 heteroatoms. The molecule has 1 N–H and O–H groups in total. The molecule has 3 heterocycles. The lowest BCUT2D eigenvalue weighted by molar-refractivity contribution is 0.210. The van der Waals surface area contributed by atoms with E-state index in [4.69, 9.17) is 30.5 Å². The highest BCUT2D eigenvalue weighted by atomic mass is 35.5. The third-order valence-electron chi connectivity index (χ3n) is 7.07. The van der Waals surface area contributed by atoms with Crippen molar-refractivity contribution in [2.45, 2.75) is 39.3 Å². The monoisotopic (exact) mass is 565 g/mol. The van der Waals surface area contributed by atoms with E-state index in [1.54, 1.807) is 14.2 Å². The van der Waals surface area contributed by atoms with E-state index in [1.165, 1.54) is 5.56 Å². The summed E-state index contributed by atoms with van der Waals surface area (Å²) in [5.41, 5.74) is 2.81. The van der Waals surface area contributed by atoms with Crippen LogP contribution in [0.1, 0.15) is 32.3 Å². The highest BCUT2D eigenvalue weighted by molar-refractivity contribution is 6.28. The first-order chi connectivity index (χ1) is 19.5. The van der Waals surface area contributed by atoms with Crippen molar-refractivity contribution in [2.24, 2.45) is 0 Å². The molecule has 0 amide bonds. The van der Waals surface area contributed by atoms with Crippen LogP contribution in [0.4, 0.5) is 5.82 Å². The van der Waals surface area contributed by atoms with Crippen molar-refractivity contribution in [3.63, 3.8) is 0 Å². The van der Waals surface area contributed by atoms with Crippen LogP contribution < -0.4 is 24.3 Å². The van der Waals surface area contributed by atoms with E-state index < -0.39 is 0 Å². The number of likely N-dealkylation sites (tertiary alicyclic amines) is 1. The van der Waals surface area contributed by atoms with Crippen molar-refractivity contribution in [1.29, 1.82) is 0 Å². The van der Waals surface area contributed by atoms with Gasteiger partial charge in [-0.15, -0.1) is 0 Å². The molecule has 0 spiro atoms. The molecular weight excluding hydrogens is 530 g/mol. The first-order valence-corrected chi connectivity index (χ1v) is 14.0. The maximum absolute atomic E-state index is 6.27. The SMILES string of the molecule is CCOc1cc(CN2CCC(Nc3nc(Cl)nc4cc(OC)c(OC)cc34)CC2)cc(OCC)c1-n1cccc1. The normalized spacial score (nSPS) is 14.3. The second kappa shape index (κ2) is 12.7. The number of anilines is 1. The number of nitrogens with one attached hydrogen (secondary N) is 1. The van der Waals surface area contributed by atoms with Gasteiger partial charge in [-0.1, -0.05) is 0 Å². The molecule has 1 aliphatic heterocycles. The number of fused-ring (bicyclic) bond motifs is 1. The molecule has 0 bridgehead atoms. The molecule has 0 saturated carbocycles. The van der Waals surface area contributed by atoms with E-state index in [0.29, 0.717) is 36.0 Å². The zero-order chi connectivity index (χ0) is 28.1. The molecule has 4 aromatic rings. The first kappa shape index (κ1) is 27.9. The molecule has 0 atom stereocenters. The molecule has 5 rings (SSSR count). The van der Waals surface area contributed by atoms with Gasteiger partial charge in [-0.3, -0.25) is 4.90 Å². The predicted molar refractivity (Wildman–Crippen MR) is 158 cm³/mol. The van der Waals surface area contributed by atoms with Gasteiger partial charge in [0.15, 0.2) is 11.5 Å². The topological polar surface area (TPSA) is 82.9 Å². The summed E-state index contributed by atoms with van der Waals surface area (Å²) < 4.78 is 25.1. The van der Waals surface area contributed by atoms with Gasteiger partial charge in [0, 0.05) is 49.5 Å². The summed E-state index contributed by atoms with van der Waals surface area (Å²) >= 11 is 6.27. The number of methoxy groups -OCH3 is 2. The highest BCUT2D eigenvalue weighted by Crippen LogP contribution is 2.37. The summed E-state index contributed by atoms with van der Waals surface area (Å²) in [6.45, 7) is 7.88. The quantitative estimate of drug-likeness (QED) is 0.223. The lowest BCUT2D eigenvalue weighted by atomic mass is 10.0. The number of aromatic nitrogens is 3. The summed E-state index contributed by atoms with van der Waals surface area (Å²) in [6, 6.07) is 12.3. The molecule has 1 saturated heterocycles. The predicted octanol–water partition coefficient (Wildman–Crippen LogP) is 5.97. The molecule has 1 fully saturated rings. The van der Waals surface area contributed by atoms with E-state index in [1.807, 2.05) is 55.1 Å². The number of hydrogen-bond acceptors (Lipinski definition) is 8. The smallest absolute Gasteiger partial charge is 0.224 e. The summed E-state index contributed by atoms with van der Waals surface area (Å²) in [6.07, 6.45) is 5.96. The van der Waals surface area contributed by atoms with Gasteiger partial charge >= 0.3 is 0 Å². The van der Waals surface area contributed by atoms with Crippen molar-refractivity contribution in [3.8, 4) is 28.7 Å². The van der Waals surface area contributed by atoms with Crippen molar-refractivity contribution in [3.05, 3.63) is 59.6 Å². The van der Waals surface area contributed by atoms with Crippen LogP contribution in [0.5, 0.6) is 23.0 Å². The number of nitrogens with zero attached hydrogens (tertiary/aromatic N) is 4. The minimum atomic E-state index is 0.193. The maximum atomic E-state index is 6.27. The van der Waals surface area contributed by atoms with Crippen molar-refractivity contribution in [2.75, 3.05) is 45.8 Å². The minimum Gasteiger partial charge on any atom is -0.493 e. The van der Waals surface area contributed by atoms with Gasteiger partial charge in [-0.05, 0) is 74.2 Å². The van der Waals surface area contributed by atoms with Crippen LogP contribution in [0.25, 0.3) is 16.6 Å². The third-order valence-corrected chi connectivity index (χ3v) is 7.24. The average Bonchev–Trinajstić information content (AvgIpc) is 3.48. The lowest BCUT2D eigenvalue weighted by Crippen LogP contribution is -2.38. The zero-order valence-electron chi connectivity index (χ0n) is 23.4. The second-order valence-electron chi connectivity index (χ2n) is 9.66. The Hall–Kier alpha value is -3.69. The molecule has 0 radical (unpaired) electrons. The minimum absolute atomic E-state index is 0.193. The standard InChI is InChI=1S/C30H36ClN5O4/c1-5-39-26-15-20(16-27(40-6-2)28(26)36-11-7-8-12-36)19-35-13-9-21(10-14-35)32-29-22-17-24(37-3)25(38-4)18-23(22)33-30(31)34-29/h7-8,11-12,15-18,21H,5-6,9-10,13-14,19H2,1-4H3,(H,32,33,34). The zero-order valence-corrected chi connectivity index (χ0v) is 24.2. The average molecular weight is 566 g/mol. The van der Waals surface area contributed by atoms with Crippen LogP contribution in [-0.4, -0.2) is 66.0 Å². The molecule has 2 aromatic carbocycles. The Bertz CT molecular complexity index is 1410. The van der Waals surface area contributed by atoms with Crippen LogP contribution in [-0.2, 0) is 6.54 Å². The Kier molecular flexibility index (Phi) is 8.81. The fraction of sp³-hybridized carbons (Fsp3) is 0.400. The number of halogens is 1. The number of rotatable bonds is 11. The van der Waals surface area contributed by atoms with Crippen LogP contribution in [0, 0.1) is 0 Å². The fourth-order valence-electron chi connectivity index (χ4n) is 5.22. The number of hydrogen-bond donors (Lipinski definition) is 1. The molecule has 0 unspecified atom stereocenters.